The average Bonchev–Trinajstić information content (AvgIpc) is 3.04. The van der Waals surface area contributed by atoms with Crippen LogP contribution in [-0.2, 0) is 4.12 Å². The van der Waals surface area contributed by atoms with E-state index >= 15 is 0 Å². The molecule has 39 heavy (non-hydrogen) atoms. The molecule has 0 aromatic rings. The lowest BCUT2D eigenvalue weighted by Crippen LogP contribution is -2.65. The molecule has 0 atom stereocenters. The minimum atomic E-state index is -1.92. The van der Waals surface area contributed by atoms with Gasteiger partial charge in [-0.2, -0.15) is 0 Å². The first-order valence-electron chi connectivity index (χ1n) is 19.0. The van der Waals surface area contributed by atoms with Crippen molar-refractivity contribution in [2.45, 2.75) is 226 Å². The van der Waals surface area contributed by atoms with Crippen LogP contribution < -0.4 is 0 Å². The molecule has 6 rings (SSSR count). The molecule has 6 saturated carbocycles. The van der Waals surface area contributed by atoms with Crippen LogP contribution in [-0.4, -0.2) is 16.6 Å². The van der Waals surface area contributed by atoms with Crippen LogP contribution in [0.25, 0.3) is 0 Å². The first-order chi connectivity index (χ1) is 19.3. The topological polar surface area (TPSA) is 9.23 Å². The second-order valence-corrected chi connectivity index (χ2v) is 24.9. The van der Waals surface area contributed by atoms with E-state index in [-0.39, 0.29) is 0 Å². The highest BCUT2D eigenvalue weighted by molar-refractivity contribution is 6.91. The van der Waals surface area contributed by atoms with Crippen molar-refractivity contribution in [2.24, 2.45) is 0 Å². The maximum absolute atomic E-state index is 9.14. The van der Waals surface area contributed by atoms with E-state index in [1.165, 1.54) is 116 Å². The maximum atomic E-state index is 9.14. The molecule has 0 N–H and O–H groups in total. The maximum Gasteiger partial charge on any atom is 0.189 e. The molecule has 6 aliphatic carbocycles. The highest BCUT2D eigenvalue weighted by atomic mass is 28.4. The smallest absolute Gasteiger partial charge is 0.189 e. The first-order valence-corrected chi connectivity index (χ1v) is 23.3. The molecule has 0 saturated heterocycles. The van der Waals surface area contributed by atoms with Gasteiger partial charge in [-0.25, -0.2) is 0 Å². The van der Waals surface area contributed by atoms with Crippen LogP contribution in [0.3, 0.4) is 0 Å². The molecule has 0 heterocycles. The molecular formula is C36H66OSi2. The third-order valence-electron chi connectivity index (χ3n) is 13.8. The van der Waals surface area contributed by atoms with Gasteiger partial charge in [-0.1, -0.05) is 193 Å². The van der Waals surface area contributed by atoms with E-state index in [0.29, 0.717) is 0 Å². The largest absolute Gasteiger partial charge is 0.454 e. The van der Waals surface area contributed by atoms with Crippen molar-refractivity contribution < 1.29 is 4.12 Å². The molecule has 0 bridgehead atoms. The molecule has 6 aliphatic rings. The molecule has 0 aromatic carbocycles. The second kappa shape index (κ2) is 14.2. The van der Waals surface area contributed by atoms with Crippen molar-refractivity contribution in [1.82, 2.24) is 0 Å². The van der Waals surface area contributed by atoms with Crippen LogP contribution in [0.5, 0.6) is 0 Å². The Morgan fingerprint density at radius 1 is 0.231 bits per heavy atom. The highest BCUT2D eigenvalue weighted by Crippen LogP contribution is 2.64. The second-order valence-electron chi connectivity index (χ2n) is 15.8. The average molecular weight is 571 g/mol. The first kappa shape index (κ1) is 29.5. The van der Waals surface area contributed by atoms with Crippen molar-refractivity contribution >= 4 is 16.6 Å². The van der Waals surface area contributed by atoms with Gasteiger partial charge in [0.15, 0.2) is 16.6 Å². The monoisotopic (exact) mass is 570 g/mol. The van der Waals surface area contributed by atoms with Crippen LogP contribution >= 0.6 is 0 Å². The van der Waals surface area contributed by atoms with Gasteiger partial charge >= 0.3 is 0 Å². The standard InChI is InChI=1S/C36H66OSi2/c1-7-19-31(20-8-1)38(32-21-9-2-10-22-32,33-23-11-3-12-24-33)37-39(34-25-13-4-14-26-34,35-27-15-5-16-28-35)36-29-17-6-18-30-36/h31-36H,1-30H2. The van der Waals surface area contributed by atoms with E-state index < -0.39 is 16.6 Å². The zero-order chi connectivity index (χ0) is 26.4. The van der Waals surface area contributed by atoms with Crippen molar-refractivity contribution in [3.8, 4) is 0 Å². The number of rotatable bonds is 8. The predicted molar refractivity (Wildman–Crippen MR) is 174 cm³/mol. The zero-order valence-corrected chi connectivity index (χ0v) is 28.1. The third-order valence-corrected chi connectivity index (χ3v) is 27.8. The molecule has 1 nitrogen and oxygen atoms in total. The van der Waals surface area contributed by atoms with Crippen LogP contribution in [0.1, 0.15) is 193 Å². The van der Waals surface area contributed by atoms with Crippen LogP contribution in [0.2, 0.25) is 33.2 Å². The minimum Gasteiger partial charge on any atom is -0.454 e. The molecular weight excluding hydrogens is 505 g/mol. The Kier molecular flexibility index (Phi) is 10.8. The van der Waals surface area contributed by atoms with Crippen molar-refractivity contribution in [2.75, 3.05) is 0 Å². The summed E-state index contributed by atoms with van der Waals surface area (Å²) in [6.45, 7) is 0. The van der Waals surface area contributed by atoms with E-state index in [1.807, 2.05) is 0 Å². The summed E-state index contributed by atoms with van der Waals surface area (Å²) < 4.78 is 9.14. The van der Waals surface area contributed by atoms with E-state index in [9.17, 15) is 0 Å². The van der Waals surface area contributed by atoms with Crippen molar-refractivity contribution in [3.63, 3.8) is 0 Å². The molecule has 0 aromatic heterocycles. The molecule has 0 unspecified atom stereocenters. The Balaban J connectivity index is 1.49. The summed E-state index contributed by atoms with van der Waals surface area (Å²) in [5.74, 6) is 0. The van der Waals surface area contributed by atoms with Gasteiger partial charge in [0.1, 0.15) is 0 Å². The molecule has 3 heteroatoms. The fourth-order valence-corrected chi connectivity index (χ4v) is 30.4. The molecule has 224 valence electrons. The van der Waals surface area contributed by atoms with Gasteiger partial charge in [0.05, 0.1) is 0 Å². The van der Waals surface area contributed by atoms with Gasteiger partial charge in [-0.15, -0.1) is 0 Å². The summed E-state index contributed by atoms with van der Waals surface area (Å²) in [5, 5.41) is 0. The quantitative estimate of drug-likeness (QED) is 0.264. The van der Waals surface area contributed by atoms with Gasteiger partial charge in [-0.05, 0) is 33.2 Å². The Hall–Kier alpha value is 0.394. The Morgan fingerprint density at radius 2 is 0.385 bits per heavy atom. The summed E-state index contributed by atoms with van der Waals surface area (Å²) in [5.41, 5.74) is 6.17. The summed E-state index contributed by atoms with van der Waals surface area (Å²) in [4.78, 5) is 0. The van der Waals surface area contributed by atoms with E-state index in [0.717, 1.165) is 33.2 Å². The normalized spacial score (nSPS) is 29.5. The van der Waals surface area contributed by atoms with Gasteiger partial charge in [0.2, 0.25) is 0 Å². The van der Waals surface area contributed by atoms with Gasteiger partial charge in [0, 0.05) is 0 Å². The summed E-state index contributed by atoms with van der Waals surface area (Å²) in [7, 11) is -3.84. The predicted octanol–water partition coefficient (Wildman–Crippen LogP) is 12.9. The SMILES string of the molecule is C1CCC([Si](O[Si](C2CCCCC2)(C2CCCCC2)C2CCCCC2)(C2CCCCC2)C2CCCCC2)CC1. The lowest BCUT2D eigenvalue weighted by Gasteiger charge is -2.61. The Labute approximate surface area is 246 Å². The molecule has 0 amide bonds. The lowest BCUT2D eigenvalue weighted by molar-refractivity contribution is 0.293. The van der Waals surface area contributed by atoms with Gasteiger partial charge in [-0.3, -0.25) is 0 Å². The summed E-state index contributed by atoms with van der Waals surface area (Å²) in [6.07, 6.45) is 46.4. The third kappa shape index (κ3) is 6.22. The number of hydrogen-bond donors (Lipinski definition) is 0. The van der Waals surface area contributed by atoms with Crippen LogP contribution in [0.15, 0.2) is 0 Å². The summed E-state index contributed by atoms with van der Waals surface area (Å²) in [6, 6.07) is 0. The van der Waals surface area contributed by atoms with Crippen LogP contribution in [0.4, 0.5) is 0 Å². The fraction of sp³-hybridized carbons (Fsp3) is 1.00. The molecule has 0 spiro atoms. The molecule has 0 radical (unpaired) electrons. The lowest BCUT2D eigenvalue weighted by atomic mass is 9.98. The fourth-order valence-electron chi connectivity index (χ4n) is 12.1. The Bertz CT molecular complexity index is 550. The number of hydrogen-bond acceptors (Lipinski definition) is 1. The Morgan fingerprint density at radius 3 is 0.538 bits per heavy atom. The van der Waals surface area contributed by atoms with Crippen molar-refractivity contribution in [3.05, 3.63) is 0 Å². The molecule has 6 fully saturated rings. The van der Waals surface area contributed by atoms with E-state index in [4.69, 9.17) is 4.12 Å². The summed E-state index contributed by atoms with van der Waals surface area (Å²) >= 11 is 0. The van der Waals surface area contributed by atoms with E-state index in [2.05, 4.69) is 0 Å². The van der Waals surface area contributed by atoms with E-state index in [1.54, 1.807) is 77.0 Å². The molecule has 0 aliphatic heterocycles. The van der Waals surface area contributed by atoms with Crippen molar-refractivity contribution in [1.29, 1.82) is 0 Å². The highest BCUT2D eigenvalue weighted by Gasteiger charge is 2.63. The van der Waals surface area contributed by atoms with Gasteiger partial charge in [0.25, 0.3) is 0 Å². The van der Waals surface area contributed by atoms with Crippen LogP contribution in [0, 0.1) is 0 Å². The zero-order valence-electron chi connectivity index (χ0n) is 26.1. The van der Waals surface area contributed by atoms with Gasteiger partial charge < -0.3 is 4.12 Å². The minimum absolute atomic E-state index is 1.03.